The van der Waals surface area contributed by atoms with E-state index in [0.717, 1.165) is 30.5 Å². The minimum atomic E-state index is -0.413. The normalized spacial score (nSPS) is 20.3. The van der Waals surface area contributed by atoms with Crippen LogP contribution in [-0.2, 0) is 11.8 Å². The van der Waals surface area contributed by atoms with Gasteiger partial charge in [0.25, 0.3) is 5.91 Å². The summed E-state index contributed by atoms with van der Waals surface area (Å²) in [6.07, 6.45) is 5.26. The van der Waals surface area contributed by atoms with E-state index in [9.17, 15) is 4.79 Å². The van der Waals surface area contributed by atoms with Gasteiger partial charge in [-0.2, -0.15) is 5.10 Å². The molecule has 1 heterocycles. The van der Waals surface area contributed by atoms with Gasteiger partial charge in [0, 0.05) is 19.7 Å². The number of carbonyl (C=O) groups is 1. The van der Waals surface area contributed by atoms with Crippen LogP contribution >= 0.6 is 0 Å². The van der Waals surface area contributed by atoms with Crippen LogP contribution in [0.5, 0.6) is 0 Å². The molecule has 1 aliphatic carbocycles. The second-order valence-electron chi connectivity index (χ2n) is 7.55. The summed E-state index contributed by atoms with van der Waals surface area (Å²) >= 11 is 0. The lowest BCUT2D eigenvalue weighted by Gasteiger charge is -2.29. The van der Waals surface area contributed by atoms with Crippen LogP contribution in [-0.4, -0.2) is 28.9 Å². The van der Waals surface area contributed by atoms with E-state index in [1.165, 1.54) is 5.57 Å². The number of nitrogens with two attached hydrogens (primary N) is 1. The molecule has 128 valence electrons. The van der Waals surface area contributed by atoms with Crippen LogP contribution in [0.25, 0.3) is 5.57 Å². The highest BCUT2D eigenvalue weighted by molar-refractivity contribution is 5.94. The zero-order valence-electron chi connectivity index (χ0n) is 15.1. The molecule has 0 bridgehead atoms. The van der Waals surface area contributed by atoms with Gasteiger partial charge < -0.3 is 10.5 Å². The Hall–Kier alpha value is -1.62. The molecule has 2 rings (SSSR count). The van der Waals surface area contributed by atoms with Gasteiger partial charge in [0.05, 0.1) is 11.8 Å². The number of hydrogen-bond donors (Lipinski definition) is 1. The number of carbonyl (C=O) groups excluding carboxylic acids is 1. The summed E-state index contributed by atoms with van der Waals surface area (Å²) in [5.74, 6) is -0.238. The van der Waals surface area contributed by atoms with E-state index in [1.54, 1.807) is 18.8 Å². The molecule has 0 aromatic carbocycles. The molecule has 0 aliphatic heterocycles. The molecule has 0 saturated heterocycles. The Kier molecular flexibility index (Phi) is 4.99. The van der Waals surface area contributed by atoms with Crippen LogP contribution in [0.4, 0.5) is 0 Å². The van der Waals surface area contributed by atoms with E-state index in [2.05, 4.69) is 38.9 Å². The Morgan fingerprint density at radius 1 is 1.48 bits per heavy atom. The van der Waals surface area contributed by atoms with Gasteiger partial charge in [-0.15, -0.1) is 0 Å². The fourth-order valence-electron chi connectivity index (χ4n) is 3.15. The Bertz CT molecular complexity index is 623. The van der Waals surface area contributed by atoms with Crippen molar-refractivity contribution in [1.29, 1.82) is 0 Å². The highest BCUT2D eigenvalue weighted by atomic mass is 16.5. The van der Waals surface area contributed by atoms with E-state index in [-0.39, 0.29) is 17.4 Å². The number of ether oxygens (including phenoxy) is 1. The zero-order valence-corrected chi connectivity index (χ0v) is 15.1. The summed E-state index contributed by atoms with van der Waals surface area (Å²) in [5.41, 5.74) is 9.30. The Morgan fingerprint density at radius 3 is 2.57 bits per heavy atom. The van der Waals surface area contributed by atoms with Gasteiger partial charge in [-0.1, -0.05) is 33.8 Å². The van der Waals surface area contributed by atoms with Crippen molar-refractivity contribution in [3.8, 4) is 0 Å². The predicted octanol–water partition coefficient (Wildman–Crippen LogP) is 3.25. The average Bonchev–Trinajstić information content (AvgIpc) is 2.83. The molecule has 1 aliphatic rings. The minimum Gasteiger partial charge on any atom is -0.381 e. The summed E-state index contributed by atoms with van der Waals surface area (Å²) < 4.78 is 7.07. The molecule has 0 radical (unpaired) electrons. The van der Waals surface area contributed by atoms with Crippen molar-refractivity contribution in [3.05, 3.63) is 23.0 Å². The summed E-state index contributed by atoms with van der Waals surface area (Å²) in [4.78, 5) is 12.0. The van der Waals surface area contributed by atoms with Crippen molar-refractivity contribution >= 4 is 11.5 Å². The smallest absolute Gasteiger partial charge is 0.267 e. The number of amides is 1. The molecule has 5 heteroatoms. The van der Waals surface area contributed by atoms with E-state index in [0.29, 0.717) is 5.69 Å². The molecule has 0 spiro atoms. The lowest BCUT2D eigenvalue weighted by atomic mass is 9.75. The number of hydrogen-bond acceptors (Lipinski definition) is 3. The van der Waals surface area contributed by atoms with Gasteiger partial charge in [-0.25, -0.2) is 0 Å². The fourth-order valence-corrected chi connectivity index (χ4v) is 3.15. The Morgan fingerprint density at radius 2 is 2.13 bits per heavy atom. The lowest BCUT2D eigenvalue weighted by molar-refractivity contribution is 0.0963. The van der Waals surface area contributed by atoms with Gasteiger partial charge in [0.15, 0.2) is 0 Å². The molecule has 2 N–H and O–H groups in total. The Balaban J connectivity index is 2.54. The van der Waals surface area contributed by atoms with Crippen LogP contribution < -0.4 is 5.73 Å². The van der Waals surface area contributed by atoms with Crippen molar-refractivity contribution in [2.45, 2.75) is 59.0 Å². The first kappa shape index (κ1) is 17.7. The molecule has 1 unspecified atom stereocenters. The van der Waals surface area contributed by atoms with Crippen LogP contribution in [0.2, 0.25) is 0 Å². The molecular formula is C18H29N3O2. The van der Waals surface area contributed by atoms with E-state index >= 15 is 0 Å². The van der Waals surface area contributed by atoms with Crippen molar-refractivity contribution in [3.63, 3.8) is 0 Å². The third-order valence-electron chi connectivity index (χ3n) is 5.05. The predicted molar refractivity (Wildman–Crippen MR) is 92.2 cm³/mol. The zero-order chi connectivity index (χ0) is 17.4. The number of aryl methyl sites for hydroxylation is 1. The van der Waals surface area contributed by atoms with Crippen molar-refractivity contribution < 1.29 is 9.53 Å². The number of aromatic nitrogens is 2. The second kappa shape index (κ2) is 6.48. The molecule has 5 nitrogen and oxygen atoms in total. The first-order chi connectivity index (χ1) is 10.7. The topological polar surface area (TPSA) is 70.1 Å². The van der Waals surface area contributed by atoms with Crippen LogP contribution in [0.1, 0.15) is 74.6 Å². The quantitative estimate of drug-likeness (QED) is 0.926. The maximum atomic E-state index is 12.0. The van der Waals surface area contributed by atoms with Gasteiger partial charge in [0.1, 0.15) is 5.69 Å². The van der Waals surface area contributed by atoms with Crippen molar-refractivity contribution in [1.82, 2.24) is 9.78 Å². The third kappa shape index (κ3) is 3.50. The number of primary amides is 1. The number of nitrogens with zero attached hydrogens (tertiary/aromatic N) is 2. The fraction of sp³-hybridized carbons (Fsp3) is 0.667. The SMILES string of the molecule is COC1CC=C(c2nn(C)c(C(N)=O)c2[C@@H](C)C(C)(C)C)CC1. The largest absolute Gasteiger partial charge is 0.381 e. The van der Waals surface area contributed by atoms with E-state index < -0.39 is 5.91 Å². The number of rotatable bonds is 4. The molecule has 23 heavy (non-hydrogen) atoms. The number of allylic oxidation sites excluding steroid dienone is 1. The summed E-state index contributed by atoms with van der Waals surface area (Å²) in [6, 6.07) is 0. The minimum absolute atomic E-state index is 0.0201. The van der Waals surface area contributed by atoms with Gasteiger partial charge in [0.2, 0.25) is 0 Å². The summed E-state index contributed by atoms with van der Waals surface area (Å²) in [7, 11) is 3.55. The monoisotopic (exact) mass is 319 g/mol. The third-order valence-corrected chi connectivity index (χ3v) is 5.05. The standard InChI is InChI=1S/C18H29N3O2/c1-11(18(2,3)4)14-15(20-21(5)16(14)17(19)22)12-7-9-13(23-6)10-8-12/h7,11,13H,8-10H2,1-6H3,(H2,19,22)/t11-,13?/m1/s1. The molecular weight excluding hydrogens is 290 g/mol. The van der Waals surface area contributed by atoms with Crippen LogP contribution in [0.15, 0.2) is 6.08 Å². The maximum Gasteiger partial charge on any atom is 0.267 e. The van der Waals surface area contributed by atoms with E-state index in [4.69, 9.17) is 10.5 Å². The van der Waals surface area contributed by atoms with Crippen LogP contribution in [0, 0.1) is 5.41 Å². The maximum absolute atomic E-state index is 12.0. The van der Waals surface area contributed by atoms with Crippen molar-refractivity contribution in [2.75, 3.05) is 7.11 Å². The van der Waals surface area contributed by atoms with Crippen LogP contribution in [0.3, 0.4) is 0 Å². The highest BCUT2D eigenvalue weighted by Crippen LogP contribution is 2.41. The highest BCUT2D eigenvalue weighted by Gasteiger charge is 2.33. The molecule has 0 saturated carbocycles. The van der Waals surface area contributed by atoms with E-state index in [1.807, 2.05) is 0 Å². The molecule has 0 fully saturated rings. The molecule has 1 aromatic heterocycles. The Labute approximate surface area is 138 Å². The summed E-state index contributed by atoms with van der Waals surface area (Å²) in [6.45, 7) is 8.68. The average molecular weight is 319 g/mol. The second-order valence-corrected chi connectivity index (χ2v) is 7.55. The van der Waals surface area contributed by atoms with Gasteiger partial charge in [-0.05, 0) is 36.2 Å². The summed E-state index contributed by atoms with van der Waals surface area (Å²) in [5, 5.41) is 4.65. The first-order valence-corrected chi connectivity index (χ1v) is 8.25. The molecule has 2 atom stereocenters. The number of methoxy groups -OCH3 is 1. The van der Waals surface area contributed by atoms with Gasteiger partial charge in [-0.3, -0.25) is 9.48 Å². The lowest BCUT2D eigenvalue weighted by Crippen LogP contribution is -2.23. The molecule has 1 aromatic rings. The van der Waals surface area contributed by atoms with Gasteiger partial charge >= 0.3 is 0 Å². The van der Waals surface area contributed by atoms with Crippen molar-refractivity contribution in [2.24, 2.45) is 18.2 Å². The first-order valence-electron chi connectivity index (χ1n) is 8.25. The molecule has 1 amide bonds.